The van der Waals surface area contributed by atoms with E-state index in [2.05, 4.69) is 16.8 Å². The van der Waals surface area contributed by atoms with E-state index in [0.717, 1.165) is 0 Å². The maximum Gasteiger partial charge on any atom is 0.0600 e. The van der Waals surface area contributed by atoms with Crippen LogP contribution >= 0.6 is 0 Å². The Morgan fingerprint density at radius 1 is 1.40 bits per heavy atom. The number of likely N-dealkylation sites (tertiary alicyclic amines) is 1. The number of hydrogen-bond donors (Lipinski definition) is 1. The van der Waals surface area contributed by atoms with Gasteiger partial charge >= 0.3 is 0 Å². The van der Waals surface area contributed by atoms with Gasteiger partial charge in [0.05, 0.1) is 6.17 Å². The van der Waals surface area contributed by atoms with Crippen molar-refractivity contribution in [2.24, 2.45) is 0 Å². The van der Waals surface area contributed by atoms with E-state index in [1.807, 2.05) is 0 Å². The molecule has 1 radical (unpaired) electrons. The fourth-order valence-corrected chi connectivity index (χ4v) is 1.85. The van der Waals surface area contributed by atoms with Crippen molar-refractivity contribution in [2.75, 3.05) is 13.1 Å². The van der Waals surface area contributed by atoms with Gasteiger partial charge in [-0.05, 0) is 32.2 Å². The molecule has 2 saturated heterocycles. The quantitative estimate of drug-likeness (QED) is 0.582. The summed E-state index contributed by atoms with van der Waals surface area (Å²) in [5.41, 5.74) is 0. The van der Waals surface area contributed by atoms with E-state index in [-0.39, 0.29) is 0 Å². The van der Waals surface area contributed by atoms with Crippen LogP contribution in [0.5, 0.6) is 0 Å². The molecule has 2 aliphatic rings. The molecule has 0 amide bonds. The summed E-state index contributed by atoms with van der Waals surface area (Å²) >= 11 is 0. The summed E-state index contributed by atoms with van der Waals surface area (Å²) in [6.45, 7) is 4.84. The molecule has 2 heteroatoms. The van der Waals surface area contributed by atoms with Gasteiger partial charge in [0.25, 0.3) is 0 Å². The summed E-state index contributed by atoms with van der Waals surface area (Å²) < 4.78 is 0. The lowest BCUT2D eigenvalue weighted by atomic mass is 10.3. The number of hydrogen-bond acceptors (Lipinski definition) is 2. The molecule has 0 aliphatic carbocycles. The molecule has 0 bridgehead atoms. The van der Waals surface area contributed by atoms with Gasteiger partial charge in [0.15, 0.2) is 0 Å². The highest BCUT2D eigenvalue weighted by atomic mass is 15.3. The minimum absolute atomic E-state index is 0.683. The van der Waals surface area contributed by atoms with Gasteiger partial charge in [0.2, 0.25) is 0 Å². The highest BCUT2D eigenvalue weighted by molar-refractivity contribution is 4.85. The van der Waals surface area contributed by atoms with Crippen LogP contribution in [-0.2, 0) is 0 Å². The first-order chi connectivity index (χ1) is 4.97. The Hall–Kier alpha value is -0.0800. The van der Waals surface area contributed by atoms with Gasteiger partial charge in [-0.25, -0.2) is 0 Å². The summed E-state index contributed by atoms with van der Waals surface area (Å²) in [4.78, 5) is 2.47. The summed E-state index contributed by atoms with van der Waals surface area (Å²) in [6, 6.07) is 0. The van der Waals surface area contributed by atoms with Crippen LogP contribution in [0.15, 0.2) is 0 Å². The van der Waals surface area contributed by atoms with Crippen LogP contribution in [0, 0.1) is 6.54 Å². The van der Waals surface area contributed by atoms with Crippen LogP contribution < -0.4 is 5.32 Å². The summed E-state index contributed by atoms with van der Waals surface area (Å²) in [5, 5.41) is 3.49. The molecule has 2 heterocycles. The molecule has 2 aliphatic heterocycles. The van der Waals surface area contributed by atoms with E-state index in [0.29, 0.717) is 6.17 Å². The topological polar surface area (TPSA) is 15.3 Å². The van der Waals surface area contributed by atoms with Gasteiger partial charge in [-0.1, -0.05) is 0 Å². The zero-order valence-corrected chi connectivity index (χ0v) is 6.34. The number of nitrogens with one attached hydrogen (secondary N) is 1. The molecule has 0 aromatic rings. The van der Waals surface area contributed by atoms with Crippen LogP contribution in [0.3, 0.4) is 0 Å². The molecule has 2 nitrogen and oxygen atoms in total. The largest absolute Gasteiger partial charge is 0.302 e. The van der Waals surface area contributed by atoms with Crippen molar-refractivity contribution >= 4 is 0 Å². The van der Waals surface area contributed by atoms with Crippen LogP contribution in [0.4, 0.5) is 0 Å². The molecular weight excluding hydrogens is 124 g/mol. The third-order valence-corrected chi connectivity index (χ3v) is 2.42. The monoisotopic (exact) mass is 139 g/mol. The van der Waals surface area contributed by atoms with Crippen LogP contribution in [0.1, 0.15) is 25.7 Å². The third-order valence-electron chi connectivity index (χ3n) is 2.42. The Kier molecular flexibility index (Phi) is 1.91. The molecule has 0 saturated carbocycles. The van der Waals surface area contributed by atoms with Crippen molar-refractivity contribution in [1.82, 2.24) is 10.2 Å². The van der Waals surface area contributed by atoms with E-state index in [1.54, 1.807) is 0 Å². The lowest BCUT2D eigenvalue weighted by Gasteiger charge is -2.22. The predicted octanol–water partition coefficient (Wildman–Crippen LogP) is 0.953. The zero-order chi connectivity index (χ0) is 6.81. The summed E-state index contributed by atoms with van der Waals surface area (Å²) in [5.74, 6) is 0. The molecule has 0 aromatic heterocycles. The fourth-order valence-electron chi connectivity index (χ4n) is 1.85. The van der Waals surface area contributed by atoms with E-state index >= 15 is 0 Å². The van der Waals surface area contributed by atoms with Crippen molar-refractivity contribution in [3.8, 4) is 0 Å². The van der Waals surface area contributed by atoms with E-state index in [9.17, 15) is 0 Å². The lowest BCUT2D eigenvalue weighted by molar-refractivity contribution is 0.260. The van der Waals surface area contributed by atoms with Gasteiger partial charge in [-0.15, -0.1) is 0 Å². The lowest BCUT2D eigenvalue weighted by Crippen LogP contribution is -2.37. The second-order valence-corrected chi connectivity index (χ2v) is 3.17. The molecule has 57 valence electrons. The molecule has 2 rings (SSSR count). The van der Waals surface area contributed by atoms with Crippen LogP contribution in [-0.4, -0.2) is 24.2 Å². The smallest absolute Gasteiger partial charge is 0.0600 e. The van der Waals surface area contributed by atoms with Gasteiger partial charge in [0.1, 0.15) is 0 Å². The molecular formula is C8H15N2. The highest BCUT2D eigenvalue weighted by Crippen LogP contribution is 2.19. The van der Waals surface area contributed by atoms with E-state index in [4.69, 9.17) is 0 Å². The maximum absolute atomic E-state index is 3.49. The van der Waals surface area contributed by atoms with Crippen molar-refractivity contribution in [3.05, 3.63) is 6.54 Å². The molecule has 0 spiro atoms. The average molecular weight is 139 g/mol. The summed E-state index contributed by atoms with van der Waals surface area (Å²) in [6.07, 6.45) is 6.03. The van der Waals surface area contributed by atoms with Crippen molar-refractivity contribution in [2.45, 2.75) is 31.8 Å². The maximum atomic E-state index is 3.49. The van der Waals surface area contributed by atoms with Gasteiger partial charge in [-0.3, -0.25) is 4.90 Å². The van der Waals surface area contributed by atoms with E-state index in [1.165, 1.54) is 38.8 Å². The molecule has 1 atom stereocenters. The first-order valence-electron chi connectivity index (χ1n) is 4.29. The molecule has 2 fully saturated rings. The zero-order valence-electron chi connectivity index (χ0n) is 6.34. The Morgan fingerprint density at radius 2 is 2.40 bits per heavy atom. The minimum atomic E-state index is 0.683. The predicted molar refractivity (Wildman–Crippen MR) is 41.3 cm³/mol. The molecule has 1 N–H and O–H groups in total. The third kappa shape index (κ3) is 1.18. The normalized spacial score (nSPS) is 35.4. The molecule has 0 aromatic carbocycles. The molecule has 10 heavy (non-hydrogen) atoms. The minimum Gasteiger partial charge on any atom is -0.302 e. The second kappa shape index (κ2) is 2.89. The SMILES string of the molecule is [CH]1CCCN1C1CCCN1. The fraction of sp³-hybridized carbons (Fsp3) is 0.875. The Labute approximate surface area is 62.6 Å². The first kappa shape index (κ1) is 6.62. The average Bonchev–Trinajstić information content (AvgIpc) is 2.59. The summed E-state index contributed by atoms with van der Waals surface area (Å²) in [7, 11) is 0. The van der Waals surface area contributed by atoms with E-state index < -0.39 is 0 Å². The Morgan fingerprint density at radius 3 is 3.00 bits per heavy atom. The van der Waals surface area contributed by atoms with Gasteiger partial charge in [0, 0.05) is 13.1 Å². The second-order valence-electron chi connectivity index (χ2n) is 3.17. The van der Waals surface area contributed by atoms with Crippen molar-refractivity contribution in [1.29, 1.82) is 0 Å². The number of rotatable bonds is 1. The van der Waals surface area contributed by atoms with Gasteiger partial charge < -0.3 is 5.32 Å². The molecule has 1 unspecified atom stereocenters. The van der Waals surface area contributed by atoms with Crippen LogP contribution in [0.25, 0.3) is 0 Å². The number of nitrogens with zero attached hydrogens (tertiary/aromatic N) is 1. The van der Waals surface area contributed by atoms with Crippen molar-refractivity contribution in [3.63, 3.8) is 0 Å². The van der Waals surface area contributed by atoms with Crippen LogP contribution in [0.2, 0.25) is 0 Å². The highest BCUT2D eigenvalue weighted by Gasteiger charge is 2.23. The first-order valence-corrected chi connectivity index (χ1v) is 4.29. The Balaban J connectivity index is 1.85. The van der Waals surface area contributed by atoms with Crippen molar-refractivity contribution < 1.29 is 0 Å². The Bertz CT molecular complexity index is 87.8. The standard InChI is InChI=1S/C8H15N2/c1-2-7-10(6-1)8-4-3-5-9-8/h6,8-9H,1-5,7H2. The van der Waals surface area contributed by atoms with Gasteiger partial charge in [-0.2, -0.15) is 0 Å².